The number of aliphatic hydroxyl groups is 4. The molecule has 0 aromatic carbocycles. The summed E-state index contributed by atoms with van der Waals surface area (Å²) in [5.74, 6) is 0. The molecule has 124 valence electrons. The second-order valence-electron chi connectivity index (χ2n) is 6.82. The largest absolute Gasteiger partial charge is 0.394 e. The lowest BCUT2D eigenvalue weighted by Crippen LogP contribution is -2.58. The Morgan fingerprint density at radius 1 is 1.19 bits per heavy atom. The first-order valence-electron chi connectivity index (χ1n) is 7.48. The van der Waals surface area contributed by atoms with Gasteiger partial charge in [-0.25, -0.2) is 0 Å². The molecule has 0 amide bonds. The van der Waals surface area contributed by atoms with Crippen LogP contribution in [0.5, 0.6) is 0 Å². The van der Waals surface area contributed by atoms with Gasteiger partial charge in [-0.2, -0.15) is 0 Å². The first-order valence-corrected chi connectivity index (χ1v) is 8.42. The van der Waals surface area contributed by atoms with Crippen molar-refractivity contribution in [2.24, 2.45) is 11.1 Å². The highest BCUT2D eigenvalue weighted by atomic mass is 32.2. The Morgan fingerprint density at radius 3 is 2.43 bits per heavy atom. The first kappa shape index (κ1) is 17.5. The van der Waals surface area contributed by atoms with Crippen LogP contribution in [0, 0.1) is 5.41 Å². The lowest BCUT2D eigenvalue weighted by atomic mass is 9.73. The van der Waals surface area contributed by atoms with E-state index in [9.17, 15) is 20.4 Å². The Kier molecular flexibility index (Phi) is 5.57. The van der Waals surface area contributed by atoms with Gasteiger partial charge in [0.2, 0.25) is 0 Å². The standard InChI is InChI=1S/C14H27NO5S/c1-14(2)4-3-7(5-9(14)15)21-13-12(19)11(18)10(17)8(6-16)20-13/h7-13,16-19H,3-6,15H2,1-2H3/t7?,8-,9?,10+,11+,12-,13+/m1/s1. The maximum absolute atomic E-state index is 10.1. The predicted octanol–water partition coefficient (Wildman–Crippen LogP) is -0.574. The van der Waals surface area contributed by atoms with E-state index in [1.165, 1.54) is 11.8 Å². The normalized spacial score (nSPS) is 47.3. The molecule has 2 unspecified atom stereocenters. The van der Waals surface area contributed by atoms with Crippen LogP contribution in [0.4, 0.5) is 0 Å². The van der Waals surface area contributed by atoms with Crippen molar-refractivity contribution in [3.05, 3.63) is 0 Å². The van der Waals surface area contributed by atoms with E-state index in [4.69, 9.17) is 10.5 Å². The van der Waals surface area contributed by atoms with Crippen molar-refractivity contribution in [1.82, 2.24) is 0 Å². The van der Waals surface area contributed by atoms with Crippen LogP contribution in [0.1, 0.15) is 33.1 Å². The fourth-order valence-corrected chi connectivity index (χ4v) is 4.41. The molecule has 1 aliphatic carbocycles. The van der Waals surface area contributed by atoms with Gasteiger partial charge in [0.25, 0.3) is 0 Å². The topological polar surface area (TPSA) is 116 Å². The monoisotopic (exact) mass is 321 g/mol. The zero-order chi connectivity index (χ0) is 15.8. The third kappa shape index (κ3) is 3.72. The van der Waals surface area contributed by atoms with Crippen LogP contribution in [0.3, 0.4) is 0 Å². The molecule has 2 rings (SSSR count). The van der Waals surface area contributed by atoms with Gasteiger partial charge in [0, 0.05) is 11.3 Å². The highest BCUT2D eigenvalue weighted by Crippen LogP contribution is 2.42. The Morgan fingerprint density at radius 2 is 1.86 bits per heavy atom. The summed E-state index contributed by atoms with van der Waals surface area (Å²) in [5, 5.41) is 39.1. The van der Waals surface area contributed by atoms with Gasteiger partial charge in [0.1, 0.15) is 29.9 Å². The Balaban J connectivity index is 1.96. The molecule has 1 saturated carbocycles. The third-order valence-electron chi connectivity index (χ3n) is 4.81. The third-order valence-corrected chi connectivity index (χ3v) is 6.28. The van der Waals surface area contributed by atoms with E-state index in [0.29, 0.717) is 0 Å². The van der Waals surface area contributed by atoms with Gasteiger partial charge < -0.3 is 30.9 Å². The summed E-state index contributed by atoms with van der Waals surface area (Å²) < 4.78 is 5.53. The van der Waals surface area contributed by atoms with Gasteiger partial charge in [-0.1, -0.05) is 13.8 Å². The van der Waals surface area contributed by atoms with E-state index in [2.05, 4.69) is 13.8 Å². The number of aliphatic hydroxyl groups excluding tert-OH is 4. The second-order valence-corrected chi connectivity index (χ2v) is 8.23. The van der Waals surface area contributed by atoms with Crippen molar-refractivity contribution in [3.63, 3.8) is 0 Å². The van der Waals surface area contributed by atoms with E-state index in [-0.39, 0.29) is 23.3 Å². The summed E-state index contributed by atoms with van der Waals surface area (Å²) in [4.78, 5) is 0. The minimum Gasteiger partial charge on any atom is -0.394 e. The quantitative estimate of drug-likeness (QED) is 0.472. The minimum absolute atomic E-state index is 0.0913. The molecule has 1 heterocycles. The Hall–Kier alpha value is 0.110. The minimum atomic E-state index is -1.30. The van der Waals surface area contributed by atoms with E-state index in [1.807, 2.05) is 0 Å². The van der Waals surface area contributed by atoms with E-state index < -0.39 is 29.9 Å². The number of thioether (sulfide) groups is 1. The van der Waals surface area contributed by atoms with Gasteiger partial charge >= 0.3 is 0 Å². The summed E-state index contributed by atoms with van der Waals surface area (Å²) in [6, 6.07) is 0.0913. The van der Waals surface area contributed by atoms with Gasteiger partial charge in [0.15, 0.2) is 0 Å². The molecule has 2 fully saturated rings. The van der Waals surface area contributed by atoms with Crippen LogP contribution in [0.2, 0.25) is 0 Å². The summed E-state index contributed by atoms with van der Waals surface area (Å²) in [7, 11) is 0. The van der Waals surface area contributed by atoms with Gasteiger partial charge in [-0.3, -0.25) is 0 Å². The van der Waals surface area contributed by atoms with Crippen molar-refractivity contribution in [3.8, 4) is 0 Å². The lowest BCUT2D eigenvalue weighted by Gasteiger charge is -2.44. The predicted molar refractivity (Wildman–Crippen MR) is 80.8 cm³/mol. The highest BCUT2D eigenvalue weighted by Gasteiger charge is 2.45. The number of ether oxygens (including phenoxy) is 1. The van der Waals surface area contributed by atoms with Crippen molar-refractivity contribution in [1.29, 1.82) is 0 Å². The van der Waals surface area contributed by atoms with Gasteiger partial charge in [0.05, 0.1) is 6.61 Å². The smallest absolute Gasteiger partial charge is 0.132 e. The molecule has 0 spiro atoms. The SMILES string of the molecule is CC1(C)CCC(S[C@@H]2O[C@H](CO)[C@H](O)[C@H](O)[C@H]2O)CC1N. The maximum atomic E-state index is 10.1. The fourth-order valence-electron chi connectivity index (χ4n) is 2.93. The van der Waals surface area contributed by atoms with Crippen molar-refractivity contribution < 1.29 is 25.2 Å². The Bertz CT molecular complexity index is 354. The number of hydrogen-bond acceptors (Lipinski definition) is 7. The molecule has 1 aliphatic heterocycles. The Labute approximate surface area is 129 Å². The zero-order valence-electron chi connectivity index (χ0n) is 12.6. The molecule has 0 aromatic heterocycles. The molecule has 2 aliphatic rings. The van der Waals surface area contributed by atoms with Gasteiger partial charge in [-0.15, -0.1) is 11.8 Å². The maximum Gasteiger partial charge on any atom is 0.132 e. The molecule has 0 radical (unpaired) electrons. The van der Waals surface area contributed by atoms with Crippen molar-refractivity contribution in [2.75, 3.05) is 6.61 Å². The highest BCUT2D eigenvalue weighted by molar-refractivity contribution is 8.00. The summed E-state index contributed by atoms with van der Waals surface area (Å²) in [6.45, 7) is 3.93. The van der Waals surface area contributed by atoms with E-state index in [0.717, 1.165) is 19.3 Å². The van der Waals surface area contributed by atoms with Crippen LogP contribution in [-0.4, -0.2) is 68.2 Å². The summed E-state index contributed by atoms with van der Waals surface area (Å²) in [5.41, 5.74) is 5.66. The molecule has 6 nitrogen and oxygen atoms in total. The fraction of sp³-hybridized carbons (Fsp3) is 1.00. The number of rotatable bonds is 3. The number of nitrogens with two attached hydrogens (primary N) is 1. The van der Waals surface area contributed by atoms with Gasteiger partial charge in [-0.05, 0) is 24.7 Å². The number of hydrogen-bond donors (Lipinski definition) is 5. The average molecular weight is 321 g/mol. The molecular weight excluding hydrogens is 294 g/mol. The van der Waals surface area contributed by atoms with E-state index in [1.54, 1.807) is 0 Å². The zero-order valence-corrected chi connectivity index (χ0v) is 13.4. The molecule has 7 atom stereocenters. The molecule has 7 heteroatoms. The van der Waals surface area contributed by atoms with Crippen LogP contribution in [0.25, 0.3) is 0 Å². The average Bonchev–Trinajstić information content (AvgIpc) is 2.44. The molecular formula is C14H27NO5S. The molecule has 0 aromatic rings. The molecule has 21 heavy (non-hydrogen) atoms. The molecule has 0 bridgehead atoms. The summed E-state index contributed by atoms with van der Waals surface area (Å²) >= 11 is 1.44. The van der Waals surface area contributed by atoms with Crippen LogP contribution in [0.15, 0.2) is 0 Å². The van der Waals surface area contributed by atoms with Crippen LogP contribution in [-0.2, 0) is 4.74 Å². The lowest BCUT2D eigenvalue weighted by molar-refractivity contribution is -0.205. The van der Waals surface area contributed by atoms with Crippen LogP contribution >= 0.6 is 11.8 Å². The second kappa shape index (κ2) is 6.70. The van der Waals surface area contributed by atoms with Crippen molar-refractivity contribution in [2.45, 2.75) is 74.3 Å². The summed E-state index contributed by atoms with van der Waals surface area (Å²) in [6.07, 6.45) is -1.80. The van der Waals surface area contributed by atoms with Crippen molar-refractivity contribution >= 4 is 11.8 Å². The van der Waals surface area contributed by atoms with E-state index >= 15 is 0 Å². The molecule has 6 N–H and O–H groups in total. The van der Waals surface area contributed by atoms with Crippen LogP contribution < -0.4 is 5.73 Å². The molecule has 1 saturated heterocycles. The first-order chi connectivity index (χ1) is 9.76.